The first kappa shape index (κ1) is 15.5. The van der Waals surface area contributed by atoms with Crippen molar-refractivity contribution in [3.05, 3.63) is 39.9 Å². The molecule has 1 N–H and O–H groups in total. The molecule has 0 bridgehead atoms. The molecule has 2 aromatic rings. The van der Waals surface area contributed by atoms with E-state index in [2.05, 4.69) is 24.1 Å². The standard InChI is InChI=1S/C15H18ClN3O2/c1-10(2)5-6-17-14(20)8-19-9-18-13-4-3-11(16)7-12(13)15(19)21/h3-4,7,9-10H,5-6,8H2,1-2H3,(H,17,20). The van der Waals surface area contributed by atoms with Gasteiger partial charge in [-0.15, -0.1) is 0 Å². The zero-order valence-electron chi connectivity index (χ0n) is 12.1. The number of halogens is 1. The average Bonchev–Trinajstić information content (AvgIpc) is 2.42. The summed E-state index contributed by atoms with van der Waals surface area (Å²) in [6.45, 7) is 4.76. The molecule has 1 aromatic carbocycles. The fraction of sp³-hybridized carbons (Fsp3) is 0.400. The van der Waals surface area contributed by atoms with E-state index in [1.165, 1.54) is 10.9 Å². The highest BCUT2D eigenvalue weighted by Gasteiger charge is 2.08. The van der Waals surface area contributed by atoms with Crippen molar-refractivity contribution in [3.63, 3.8) is 0 Å². The fourth-order valence-corrected chi connectivity index (χ4v) is 2.13. The van der Waals surface area contributed by atoms with Gasteiger partial charge in [0.15, 0.2) is 0 Å². The molecule has 0 saturated heterocycles. The number of nitrogens with one attached hydrogen (secondary N) is 1. The summed E-state index contributed by atoms with van der Waals surface area (Å²) in [7, 11) is 0. The second kappa shape index (κ2) is 6.72. The third-order valence-electron chi connectivity index (χ3n) is 3.14. The van der Waals surface area contributed by atoms with Crippen molar-refractivity contribution in [1.29, 1.82) is 0 Å². The maximum atomic E-state index is 12.3. The zero-order chi connectivity index (χ0) is 15.4. The number of rotatable bonds is 5. The van der Waals surface area contributed by atoms with Crippen molar-refractivity contribution in [3.8, 4) is 0 Å². The summed E-state index contributed by atoms with van der Waals surface area (Å²) < 4.78 is 1.30. The molecule has 1 heterocycles. The van der Waals surface area contributed by atoms with E-state index >= 15 is 0 Å². The van der Waals surface area contributed by atoms with Gasteiger partial charge in [0.25, 0.3) is 5.56 Å². The normalized spacial score (nSPS) is 11.0. The van der Waals surface area contributed by atoms with Crippen molar-refractivity contribution in [1.82, 2.24) is 14.9 Å². The van der Waals surface area contributed by atoms with Crippen LogP contribution in [0.15, 0.2) is 29.3 Å². The van der Waals surface area contributed by atoms with Gasteiger partial charge in [-0.05, 0) is 30.5 Å². The lowest BCUT2D eigenvalue weighted by molar-refractivity contribution is -0.121. The van der Waals surface area contributed by atoms with Gasteiger partial charge in [0.05, 0.1) is 17.2 Å². The van der Waals surface area contributed by atoms with Gasteiger partial charge in [0.2, 0.25) is 5.91 Å². The Hall–Kier alpha value is -1.88. The third-order valence-corrected chi connectivity index (χ3v) is 3.38. The SMILES string of the molecule is CC(C)CCNC(=O)Cn1cnc2ccc(Cl)cc2c1=O. The van der Waals surface area contributed by atoms with Crippen LogP contribution in [-0.4, -0.2) is 22.0 Å². The molecule has 112 valence electrons. The average molecular weight is 308 g/mol. The Morgan fingerprint density at radius 2 is 2.19 bits per heavy atom. The summed E-state index contributed by atoms with van der Waals surface area (Å²) in [6.07, 6.45) is 2.30. The molecule has 0 fully saturated rings. The quantitative estimate of drug-likeness (QED) is 0.921. The van der Waals surface area contributed by atoms with Crippen LogP contribution in [0.4, 0.5) is 0 Å². The van der Waals surface area contributed by atoms with E-state index in [0.29, 0.717) is 28.4 Å². The second-order valence-corrected chi connectivity index (χ2v) is 5.81. The van der Waals surface area contributed by atoms with Crippen LogP contribution in [0.25, 0.3) is 10.9 Å². The number of carbonyl (C=O) groups is 1. The van der Waals surface area contributed by atoms with Crippen LogP contribution in [0.1, 0.15) is 20.3 Å². The molecule has 21 heavy (non-hydrogen) atoms. The van der Waals surface area contributed by atoms with Gasteiger partial charge in [0.1, 0.15) is 6.54 Å². The predicted octanol–water partition coefficient (Wildman–Crippen LogP) is 2.21. The fourth-order valence-electron chi connectivity index (χ4n) is 1.95. The predicted molar refractivity (Wildman–Crippen MR) is 83.5 cm³/mol. The first-order valence-electron chi connectivity index (χ1n) is 6.89. The highest BCUT2D eigenvalue weighted by molar-refractivity contribution is 6.31. The largest absolute Gasteiger partial charge is 0.355 e. The van der Waals surface area contributed by atoms with Crippen LogP contribution < -0.4 is 10.9 Å². The lowest BCUT2D eigenvalue weighted by atomic mass is 10.1. The topological polar surface area (TPSA) is 64.0 Å². The molecule has 0 unspecified atom stereocenters. The molecular formula is C15H18ClN3O2. The monoisotopic (exact) mass is 307 g/mol. The van der Waals surface area contributed by atoms with Crippen molar-refractivity contribution in [2.75, 3.05) is 6.54 Å². The number of carbonyl (C=O) groups excluding carboxylic acids is 1. The van der Waals surface area contributed by atoms with Crippen molar-refractivity contribution < 1.29 is 4.79 Å². The maximum absolute atomic E-state index is 12.3. The summed E-state index contributed by atoms with van der Waals surface area (Å²) in [5.41, 5.74) is 0.308. The van der Waals surface area contributed by atoms with Crippen LogP contribution in [0, 0.1) is 5.92 Å². The van der Waals surface area contributed by atoms with Crippen molar-refractivity contribution in [2.24, 2.45) is 5.92 Å². The summed E-state index contributed by atoms with van der Waals surface area (Å²) >= 11 is 5.89. The van der Waals surface area contributed by atoms with E-state index in [-0.39, 0.29) is 18.0 Å². The van der Waals surface area contributed by atoms with Crippen LogP contribution >= 0.6 is 11.6 Å². The highest BCUT2D eigenvalue weighted by Crippen LogP contribution is 2.13. The minimum atomic E-state index is -0.262. The Morgan fingerprint density at radius 1 is 1.43 bits per heavy atom. The Labute approximate surface area is 127 Å². The highest BCUT2D eigenvalue weighted by atomic mass is 35.5. The Balaban J connectivity index is 2.14. The molecular weight excluding hydrogens is 290 g/mol. The van der Waals surface area contributed by atoms with E-state index in [1.807, 2.05) is 0 Å². The van der Waals surface area contributed by atoms with Gasteiger partial charge in [-0.3, -0.25) is 14.2 Å². The van der Waals surface area contributed by atoms with Crippen LogP contribution in [-0.2, 0) is 11.3 Å². The van der Waals surface area contributed by atoms with E-state index in [9.17, 15) is 9.59 Å². The summed E-state index contributed by atoms with van der Waals surface area (Å²) in [5.74, 6) is 0.332. The second-order valence-electron chi connectivity index (χ2n) is 5.37. The van der Waals surface area contributed by atoms with Crippen LogP contribution in [0.3, 0.4) is 0 Å². The summed E-state index contributed by atoms with van der Waals surface area (Å²) in [6, 6.07) is 4.94. The Bertz CT molecular complexity index is 710. The van der Waals surface area contributed by atoms with E-state index < -0.39 is 0 Å². The van der Waals surface area contributed by atoms with E-state index in [4.69, 9.17) is 11.6 Å². The number of hydrogen-bond donors (Lipinski definition) is 1. The lowest BCUT2D eigenvalue weighted by Crippen LogP contribution is -2.33. The number of benzene rings is 1. The molecule has 1 amide bonds. The molecule has 0 aliphatic rings. The zero-order valence-corrected chi connectivity index (χ0v) is 12.9. The van der Waals surface area contributed by atoms with Crippen molar-refractivity contribution >= 4 is 28.4 Å². The van der Waals surface area contributed by atoms with Gasteiger partial charge < -0.3 is 5.32 Å². The van der Waals surface area contributed by atoms with E-state index in [0.717, 1.165) is 6.42 Å². The molecule has 2 rings (SSSR count). The minimum absolute atomic E-state index is 0.0353. The van der Waals surface area contributed by atoms with Gasteiger partial charge in [-0.25, -0.2) is 4.98 Å². The molecule has 0 atom stereocenters. The van der Waals surface area contributed by atoms with Crippen molar-refractivity contribution in [2.45, 2.75) is 26.8 Å². The molecule has 0 aliphatic heterocycles. The molecule has 0 radical (unpaired) electrons. The number of fused-ring (bicyclic) bond motifs is 1. The number of nitrogens with zero attached hydrogens (tertiary/aromatic N) is 2. The molecule has 6 heteroatoms. The third kappa shape index (κ3) is 4.04. The van der Waals surface area contributed by atoms with Crippen LogP contribution in [0.5, 0.6) is 0 Å². The lowest BCUT2D eigenvalue weighted by Gasteiger charge is -2.09. The molecule has 0 saturated carbocycles. The van der Waals surface area contributed by atoms with Gasteiger partial charge >= 0.3 is 0 Å². The Morgan fingerprint density at radius 3 is 2.90 bits per heavy atom. The molecule has 1 aromatic heterocycles. The molecule has 0 aliphatic carbocycles. The summed E-state index contributed by atoms with van der Waals surface area (Å²) in [4.78, 5) is 28.3. The molecule has 5 nitrogen and oxygen atoms in total. The summed E-state index contributed by atoms with van der Waals surface area (Å²) in [5, 5.41) is 3.69. The minimum Gasteiger partial charge on any atom is -0.355 e. The number of hydrogen-bond acceptors (Lipinski definition) is 3. The van der Waals surface area contributed by atoms with Gasteiger partial charge in [0, 0.05) is 11.6 Å². The molecule has 0 spiro atoms. The first-order chi connectivity index (χ1) is 9.97. The van der Waals surface area contributed by atoms with E-state index in [1.54, 1.807) is 18.2 Å². The van der Waals surface area contributed by atoms with Gasteiger partial charge in [-0.2, -0.15) is 0 Å². The smallest absolute Gasteiger partial charge is 0.261 e. The Kier molecular flexibility index (Phi) is 4.96. The van der Waals surface area contributed by atoms with Gasteiger partial charge in [-0.1, -0.05) is 25.4 Å². The number of aromatic nitrogens is 2. The number of amides is 1. The first-order valence-corrected chi connectivity index (χ1v) is 7.26. The van der Waals surface area contributed by atoms with Crippen LogP contribution in [0.2, 0.25) is 5.02 Å². The maximum Gasteiger partial charge on any atom is 0.261 e.